The topological polar surface area (TPSA) is 62.2 Å². The molecule has 4 aromatic rings. The molecule has 0 amide bonds. The van der Waals surface area contributed by atoms with Crippen LogP contribution in [0.1, 0.15) is 21.6 Å². The third kappa shape index (κ3) is 3.91. The lowest BCUT2D eigenvalue weighted by atomic mass is 9.77. The highest BCUT2D eigenvalue weighted by atomic mass is 32.1. The van der Waals surface area contributed by atoms with Crippen LogP contribution in [0.4, 0.5) is 5.13 Å². The number of nitrogens with one attached hydrogen (secondary N) is 1. The lowest BCUT2D eigenvalue weighted by Crippen LogP contribution is -2.38. The van der Waals surface area contributed by atoms with Crippen molar-refractivity contribution in [3.8, 4) is 0 Å². The molecule has 0 atom stereocenters. The van der Waals surface area contributed by atoms with Gasteiger partial charge in [-0.15, -0.1) is 11.3 Å². The molecule has 0 fully saturated rings. The second-order valence-corrected chi connectivity index (χ2v) is 7.79. The molecular formula is C24H20N2O2S. The molecule has 4 rings (SSSR count). The van der Waals surface area contributed by atoms with Crippen LogP contribution in [0.15, 0.2) is 97.2 Å². The molecule has 0 unspecified atom stereocenters. The zero-order valence-corrected chi connectivity index (χ0v) is 16.5. The summed E-state index contributed by atoms with van der Waals surface area (Å²) in [6, 6.07) is 30.7. The molecule has 0 bridgehead atoms. The molecule has 0 radical (unpaired) electrons. The van der Waals surface area contributed by atoms with Gasteiger partial charge >= 0.3 is 5.97 Å². The Balaban J connectivity index is 1.90. The van der Waals surface area contributed by atoms with Crippen molar-refractivity contribution in [1.29, 1.82) is 0 Å². The lowest BCUT2D eigenvalue weighted by molar-refractivity contribution is -0.136. The first-order valence-electron chi connectivity index (χ1n) is 9.30. The minimum Gasteiger partial charge on any atom is -0.481 e. The fourth-order valence-corrected chi connectivity index (χ4v) is 4.40. The largest absolute Gasteiger partial charge is 0.481 e. The van der Waals surface area contributed by atoms with Crippen LogP contribution in [0.3, 0.4) is 0 Å². The predicted molar refractivity (Wildman–Crippen MR) is 116 cm³/mol. The number of nitrogens with zero attached hydrogens (tertiary/aromatic N) is 1. The summed E-state index contributed by atoms with van der Waals surface area (Å²) < 4.78 is 0. The number of carbonyl (C=O) groups is 1. The van der Waals surface area contributed by atoms with Crippen LogP contribution in [-0.4, -0.2) is 16.1 Å². The average Bonchev–Trinajstić information content (AvgIpc) is 3.20. The highest BCUT2D eigenvalue weighted by Crippen LogP contribution is 2.40. The molecular weight excluding hydrogens is 380 g/mol. The second-order valence-electron chi connectivity index (χ2n) is 6.68. The van der Waals surface area contributed by atoms with Crippen molar-refractivity contribution >= 4 is 22.4 Å². The van der Waals surface area contributed by atoms with E-state index in [0.29, 0.717) is 10.0 Å². The van der Waals surface area contributed by atoms with E-state index in [1.807, 2.05) is 54.6 Å². The molecule has 0 aliphatic rings. The minimum atomic E-state index is -0.861. The number of thiazole rings is 1. The van der Waals surface area contributed by atoms with Gasteiger partial charge in [0.2, 0.25) is 0 Å². The van der Waals surface area contributed by atoms with Crippen LogP contribution in [0.2, 0.25) is 0 Å². The van der Waals surface area contributed by atoms with Crippen molar-refractivity contribution in [1.82, 2.24) is 4.98 Å². The predicted octanol–water partition coefficient (Wildman–Crippen LogP) is 5.17. The summed E-state index contributed by atoms with van der Waals surface area (Å²) in [5.74, 6) is -0.861. The van der Waals surface area contributed by atoms with Gasteiger partial charge in [0.05, 0.1) is 6.42 Å². The van der Waals surface area contributed by atoms with E-state index in [9.17, 15) is 4.79 Å². The molecule has 2 N–H and O–H groups in total. The van der Waals surface area contributed by atoms with Crippen molar-refractivity contribution < 1.29 is 9.90 Å². The van der Waals surface area contributed by atoms with Gasteiger partial charge in [0, 0.05) is 11.1 Å². The van der Waals surface area contributed by atoms with Gasteiger partial charge in [-0.05, 0) is 16.7 Å². The Morgan fingerprint density at radius 2 is 1.28 bits per heavy atom. The molecule has 3 aromatic carbocycles. The van der Waals surface area contributed by atoms with E-state index in [1.165, 1.54) is 11.3 Å². The Bertz CT molecular complexity index is 983. The summed E-state index contributed by atoms with van der Waals surface area (Å²) in [4.78, 5) is 16.3. The molecule has 0 aliphatic heterocycles. The van der Waals surface area contributed by atoms with Crippen molar-refractivity contribution in [3.63, 3.8) is 0 Å². The Labute approximate surface area is 173 Å². The minimum absolute atomic E-state index is 0.0334. The molecule has 29 heavy (non-hydrogen) atoms. The SMILES string of the molecule is O=C(O)Cc1cnc(NC(c2ccccc2)(c2ccccc2)c2ccccc2)s1. The summed E-state index contributed by atoms with van der Waals surface area (Å²) in [6.45, 7) is 0. The van der Waals surface area contributed by atoms with E-state index in [2.05, 4.69) is 46.7 Å². The summed E-state index contributed by atoms with van der Waals surface area (Å²) in [5, 5.41) is 13.4. The molecule has 0 saturated carbocycles. The van der Waals surface area contributed by atoms with Gasteiger partial charge in [0.25, 0.3) is 0 Å². The number of hydrogen-bond donors (Lipinski definition) is 2. The average molecular weight is 401 g/mol. The molecule has 1 aromatic heterocycles. The quantitative estimate of drug-likeness (QED) is 0.420. The zero-order chi connectivity index (χ0) is 20.1. The van der Waals surface area contributed by atoms with Gasteiger partial charge in [0.1, 0.15) is 5.54 Å². The van der Waals surface area contributed by atoms with Crippen LogP contribution in [0.5, 0.6) is 0 Å². The third-order valence-corrected chi connectivity index (χ3v) is 5.71. The van der Waals surface area contributed by atoms with E-state index >= 15 is 0 Å². The number of rotatable bonds is 7. The molecule has 0 saturated heterocycles. The summed E-state index contributed by atoms with van der Waals surface area (Å²) in [7, 11) is 0. The van der Waals surface area contributed by atoms with Gasteiger partial charge in [-0.1, -0.05) is 91.0 Å². The van der Waals surface area contributed by atoms with Gasteiger partial charge in [0.15, 0.2) is 5.13 Å². The molecule has 0 aliphatic carbocycles. The number of carboxylic acid groups (broad SMARTS) is 1. The maximum Gasteiger partial charge on any atom is 0.308 e. The Morgan fingerprint density at radius 3 is 1.69 bits per heavy atom. The van der Waals surface area contributed by atoms with E-state index in [-0.39, 0.29) is 6.42 Å². The van der Waals surface area contributed by atoms with Gasteiger partial charge in [-0.25, -0.2) is 4.98 Å². The lowest BCUT2D eigenvalue weighted by Gasteiger charge is -2.36. The Kier molecular flexibility index (Phi) is 5.40. The molecule has 144 valence electrons. The molecule has 0 spiro atoms. The number of hydrogen-bond acceptors (Lipinski definition) is 4. The Hall–Kier alpha value is -3.44. The van der Waals surface area contributed by atoms with Crippen LogP contribution in [-0.2, 0) is 16.8 Å². The highest BCUT2D eigenvalue weighted by molar-refractivity contribution is 7.15. The Morgan fingerprint density at radius 1 is 0.828 bits per heavy atom. The van der Waals surface area contributed by atoms with E-state index in [1.54, 1.807) is 6.20 Å². The first kappa shape index (κ1) is 18.9. The normalized spacial score (nSPS) is 11.2. The van der Waals surface area contributed by atoms with Crippen molar-refractivity contribution in [2.45, 2.75) is 12.0 Å². The van der Waals surface area contributed by atoms with Crippen molar-refractivity contribution in [2.24, 2.45) is 0 Å². The monoisotopic (exact) mass is 400 g/mol. The number of anilines is 1. The summed E-state index contributed by atoms with van der Waals surface area (Å²) in [6.07, 6.45) is 1.60. The summed E-state index contributed by atoms with van der Waals surface area (Å²) >= 11 is 1.37. The van der Waals surface area contributed by atoms with Crippen molar-refractivity contribution in [2.75, 3.05) is 5.32 Å². The second kappa shape index (κ2) is 8.29. The standard InChI is InChI=1S/C24H20N2O2S/c27-22(28)16-21-17-25-23(29-21)26-24(18-10-4-1-5-11-18,19-12-6-2-7-13-19)20-14-8-3-9-15-20/h1-15,17H,16H2,(H,25,26)(H,27,28). The number of carboxylic acids is 1. The van der Waals surface area contributed by atoms with E-state index < -0.39 is 11.5 Å². The number of aromatic nitrogens is 1. The summed E-state index contributed by atoms with van der Waals surface area (Å²) in [5.41, 5.74) is 2.56. The fraction of sp³-hybridized carbons (Fsp3) is 0.0833. The fourth-order valence-electron chi connectivity index (χ4n) is 3.54. The third-order valence-electron chi connectivity index (χ3n) is 4.79. The first-order chi connectivity index (χ1) is 14.2. The molecule has 1 heterocycles. The number of benzene rings is 3. The van der Waals surface area contributed by atoms with Crippen LogP contribution in [0.25, 0.3) is 0 Å². The van der Waals surface area contributed by atoms with Gasteiger partial charge in [-0.3, -0.25) is 4.79 Å². The van der Waals surface area contributed by atoms with Gasteiger partial charge in [-0.2, -0.15) is 0 Å². The molecule has 4 nitrogen and oxygen atoms in total. The maximum absolute atomic E-state index is 11.1. The smallest absolute Gasteiger partial charge is 0.308 e. The van der Waals surface area contributed by atoms with Gasteiger partial charge < -0.3 is 10.4 Å². The first-order valence-corrected chi connectivity index (χ1v) is 10.1. The van der Waals surface area contributed by atoms with E-state index in [0.717, 1.165) is 16.7 Å². The van der Waals surface area contributed by atoms with Crippen molar-refractivity contribution in [3.05, 3.63) is 119 Å². The van der Waals surface area contributed by atoms with E-state index in [4.69, 9.17) is 5.11 Å². The van der Waals surface area contributed by atoms with Crippen LogP contribution >= 0.6 is 11.3 Å². The van der Waals surface area contributed by atoms with Crippen LogP contribution < -0.4 is 5.32 Å². The number of aliphatic carboxylic acids is 1. The maximum atomic E-state index is 11.1. The molecule has 5 heteroatoms. The zero-order valence-electron chi connectivity index (χ0n) is 15.7. The van der Waals surface area contributed by atoms with Crippen LogP contribution in [0, 0.1) is 0 Å². The highest BCUT2D eigenvalue weighted by Gasteiger charge is 2.37.